The molecule has 0 amide bonds. The highest BCUT2D eigenvalue weighted by atomic mass is 32.2. The molecule has 0 aliphatic heterocycles. The molecule has 0 saturated heterocycles. The third-order valence-electron chi connectivity index (χ3n) is 4.67. The lowest BCUT2D eigenvalue weighted by Gasteiger charge is -2.17. The predicted molar refractivity (Wildman–Crippen MR) is 122 cm³/mol. The number of rotatable bonds is 8. The SMILES string of the molecule is CCC(=O)c1cnc(Nc2ccc(C(C)(C)O)cn2)cc1Nc1ncccc1S(C)(=O)=O. The molecule has 0 aliphatic rings. The van der Waals surface area contributed by atoms with E-state index in [0.29, 0.717) is 28.5 Å². The Morgan fingerprint density at radius 1 is 1.06 bits per heavy atom. The zero-order chi connectivity index (χ0) is 23.5. The van der Waals surface area contributed by atoms with Crippen LogP contribution in [0.25, 0.3) is 0 Å². The fraction of sp³-hybridized carbons (Fsp3) is 0.273. The standard InChI is InChI=1S/C22H25N5O4S/c1-5-17(28)15-13-25-20(27-19-9-8-14(12-24-19)22(2,3)29)11-16(15)26-21-18(32(4,30)31)7-6-10-23-21/h6-13,29H,5H2,1-4H3,(H2,23,24,25,26,27). The van der Waals surface area contributed by atoms with Crippen LogP contribution < -0.4 is 10.6 Å². The molecule has 0 fully saturated rings. The monoisotopic (exact) mass is 455 g/mol. The lowest BCUT2D eigenvalue weighted by atomic mass is 10.0. The van der Waals surface area contributed by atoms with E-state index in [4.69, 9.17) is 0 Å². The van der Waals surface area contributed by atoms with E-state index in [1.54, 1.807) is 45.2 Å². The summed E-state index contributed by atoms with van der Waals surface area (Å²) in [7, 11) is -3.54. The average Bonchev–Trinajstić information content (AvgIpc) is 2.73. The third-order valence-corrected chi connectivity index (χ3v) is 5.80. The van der Waals surface area contributed by atoms with E-state index >= 15 is 0 Å². The van der Waals surface area contributed by atoms with Gasteiger partial charge < -0.3 is 15.7 Å². The Bertz CT molecular complexity index is 1240. The van der Waals surface area contributed by atoms with Gasteiger partial charge in [0.05, 0.1) is 16.9 Å². The van der Waals surface area contributed by atoms with E-state index in [1.165, 1.54) is 24.5 Å². The van der Waals surface area contributed by atoms with E-state index in [1.807, 2.05) is 0 Å². The fourth-order valence-corrected chi connectivity index (χ4v) is 3.69. The molecule has 168 valence electrons. The molecule has 0 spiro atoms. The molecule has 0 saturated carbocycles. The van der Waals surface area contributed by atoms with E-state index < -0.39 is 15.4 Å². The number of nitrogens with zero attached hydrogens (tertiary/aromatic N) is 3. The van der Waals surface area contributed by atoms with Gasteiger partial charge in [0, 0.05) is 42.9 Å². The molecular weight excluding hydrogens is 430 g/mol. The summed E-state index contributed by atoms with van der Waals surface area (Å²) in [5.74, 6) is 0.835. The highest BCUT2D eigenvalue weighted by Gasteiger charge is 2.19. The molecule has 0 unspecified atom stereocenters. The summed E-state index contributed by atoms with van der Waals surface area (Å²) in [6.07, 6.45) is 5.79. The molecule has 10 heteroatoms. The first-order valence-corrected chi connectivity index (χ1v) is 11.8. The molecule has 0 aliphatic carbocycles. The highest BCUT2D eigenvalue weighted by molar-refractivity contribution is 7.90. The van der Waals surface area contributed by atoms with E-state index in [0.717, 1.165) is 6.26 Å². The van der Waals surface area contributed by atoms with Gasteiger partial charge in [-0.3, -0.25) is 4.79 Å². The van der Waals surface area contributed by atoms with Crippen LogP contribution in [0.2, 0.25) is 0 Å². The molecular formula is C22H25N5O4S. The van der Waals surface area contributed by atoms with Gasteiger partial charge >= 0.3 is 0 Å². The summed E-state index contributed by atoms with van der Waals surface area (Å²) >= 11 is 0. The number of pyridine rings is 3. The normalized spacial score (nSPS) is 11.8. The van der Waals surface area contributed by atoms with Crippen molar-refractivity contribution in [2.24, 2.45) is 0 Å². The Kier molecular flexibility index (Phi) is 6.56. The van der Waals surface area contributed by atoms with Crippen LogP contribution in [0.3, 0.4) is 0 Å². The van der Waals surface area contributed by atoms with Gasteiger partial charge in [-0.25, -0.2) is 23.4 Å². The number of nitrogens with one attached hydrogen (secondary N) is 2. The van der Waals surface area contributed by atoms with Gasteiger partial charge in [0.2, 0.25) is 0 Å². The van der Waals surface area contributed by atoms with Crippen LogP contribution in [0.4, 0.5) is 23.1 Å². The summed E-state index contributed by atoms with van der Waals surface area (Å²) in [5, 5.41) is 16.1. The largest absolute Gasteiger partial charge is 0.386 e. The summed E-state index contributed by atoms with van der Waals surface area (Å²) in [5.41, 5.74) is 0.327. The molecule has 32 heavy (non-hydrogen) atoms. The maximum atomic E-state index is 12.4. The van der Waals surface area contributed by atoms with Gasteiger partial charge in [-0.2, -0.15) is 0 Å². The molecule has 3 heterocycles. The molecule has 0 atom stereocenters. The first-order valence-electron chi connectivity index (χ1n) is 9.90. The number of ketones is 1. The number of carbonyl (C=O) groups is 1. The predicted octanol–water partition coefficient (Wildman–Crippen LogP) is 3.58. The smallest absolute Gasteiger partial charge is 0.179 e. The summed E-state index contributed by atoms with van der Waals surface area (Å²) in [4.78, 5) is 25.2. The summed E-state index contributed by atoms with van der Waals surface area (Å²) in [6, 6.07) is 8.02. The van der Waals surface area contributed by atoms with Gasteiger partial charge in [0.25, 0.3) is 0 Å². The first-order chi connectivity index (χ1) is 15.0. The van der Waals surface area contributed by atoms with Crippen molar-refractivity contribution in [1.29, 1.82) is 0 Å². The summed E-state index contributed by atoms with van der Waals surface area (Å²) in [6.45, 7) is 5.07. The van der Waals surface area contributed by atoms with E-state index in [2.05, 4.69) is 25.6 Å². The van der Waals surface area contributed by atoms with E-state index in [-0.39, 0.29) is 22.9 Å². The minimum atomic E-state index is -3.54. The Balaban J connectivity index is 1.97. The molecule has 0 bridgehead atoms. The molecule has 3 N–H and O–H groups in total. The van der Waals surface area contributed by atoms with Crippen molar-refractivity contribution in [3.05, 3.63) is 60.0 Å². The van der Waals surface area contributed by atoms with Gasteiger partial charge in [0.1, 0.15) is 22.3 Å². The van der Waals surface area contributed by atoms with E-state index in [9.17, 15) is 18.3 Å². The van der Waals surface area contributed by atoms with Crippen LogP contribution in [0.5, 0.6) is 0 Å². The number of hydrogen-bond donors (Lipinski definition) is 3. The molecule has 3 rings (SSSR count). The zero-order valence-corrected chi connectivity index (χ0v) is 19.1. The quantitative estimate of drug-likeness (QED) is 0.436. The number of sulfone groups is 1. The molecule has 9 nitrogen and oxygen atoms in total. The van der Waals surface area contributed by atoms with Crippen molar-refractivity contribution in [2.75, 3.05) is 16.9 Å². The Morgan fingerprint density at radius 3 is 2.38 bits per heavy atom. The van der Waals surface area contributed by atoms with Crippen LogP contribution >= 0.6 is 0 Å². The van der Waals surface area contributed by atoms with Crippen molar-refractivity contribution in [2.45, 2.75) is 37.7 Å². The maximum absolute atomic E-state index is 12.4. The minimum Gasteiger partial charge on any atom is -0.386 e. The molecule has 3 aromatic rings. The summed E-state index contributed by atoms with van der Waals surface area (Å²) < 4.78 is 24.3. The number of Topliss-reactive ketones (excluding diaryl/α,β-unsaturated/α-hetero) is 1. The molecule has 3 aromatic heterocycles. The van der Waals surface area contributed by atoms with Gasteiger partial charge in [-0.15, -0.1) is 0 Å². The Labute approximate surface area is 186 Å². The average molecular weight is 456 g/mol. The lowest BCUT2D eigenvalue weighted by molar-refractivity contribution is 0.0782. The van der Waals surface area contributed by atoms with Crippen LogP contribution in [-0.2, 0) is 15.4 Å². The minimum absolute atomic E-state index is 0.0186. The van der Waals surface area contributed by atoms with Crippen LogP contribution in [0.15, 0.2) is 53.8 Å². The van der Waals surface area contributed by atoms with Crippen molar-refractivity contribution >= 4 is 38.8 Å². The molecule has 0 aromatic carbocycles. The van der Waals surface area contributed by atoms with Crippen molar-refractivity contribution in [1.82, 2.24) is 15.0 Å². The first kappa shape index (κ1) is 23.3. The number of hydrogen-bond acceptors (Lipinski definition) is 9. The Morgan fingerprint density at radius 2 is 1.78 bits per heavy atom. The van der Waals surface area contributed by atoms with Crippen molar-refractivity contribution < 1.29 is 18.3 Å². The maximum Gasteiger partial charge on any atom is 0.179 e. The number of anilines is 4. The number of aliphatic hydroxyl groups is 1. The second kappa shape index (κ2) is 9.01. The molecule has 0 radical (unpaired) electrons. The fourth-order valence-electron chi connectivity index (χ4n) is 2.91. The van der Waals surface area contributed by atoms with Crippen molar-refractivity contribution in [3.8, 4) is 0 Å². The second-order valence-electron chi connectivity index (χ2n) is 7.76. The highest BCUT2D eigenvalue weighted by Crippen LogP contribution is 2.28. The van der Waals surface area contributed by atoms with Crippen LogP contribution in [-0.4, -0.2) is 40.5 Å². The van der Waals surface area contributed by atoms with Gasteiger partial charge in [-0.05, 0) is 32.0 Å². The van der Waals surface area contributed by atoms with Gasteiger partial charge in [0.15, 0.2) is 15.6 Å². The van der Waals surface area contributed by atoms with Gasteiger partial charge in [-0.1, -0.05) is 13.0 Å². The third kappa shape index (κ3) is 5.45. The topological polar surface area (TPSA) is 134 Å². The van der Waals surface area contributed by atoms with Crippen LogP contribution in [0.1, 0.15) is 43.1 Å². The van der Waals surface area contributed by atoms with Crippen LogP contribution in [0, 0.1) is 0 Å². The second-order valence-corrected chi connectivity index (χ2v) is 9.74. The Hall–Kier alpha value is -3.37. The zero-order valence-electron chi connectivity index (χ0n) is 18.2. The van der Waals surface area contributed by atoms with Crippen molar-refractivity contribution in [3.63, 3.8) is 0 Å². The number of carbonyl (C=O) groups excluding carboxylic acids is 1. The number of aromatic nitrogens is 3. The lowest BCUT2D eigenvalue weighted by Crippen LogP contribution is -2.15.